The van der Waals surface area contributed by atoms with Gasteiger partial charge in [0.15, 0.2) is 0 Å². The van der Waals surface area contributed by atoms with Gasteiger partial charge in [0.05, 0.1) is 7.11 Å². The lowest BCUT2D eigenvalue weighted by Gasteiger charge is -2.00. The van der Waals surface area contributed by atoms with Crippen molar-refractivity contribution in [1.82, 2.24) is 0 Å². The summed E-state index contributed by atoms with van der Waals surface area (Å²) in [5, 5.41) is 1.16. The first kappa shape index (κ1) is 11.8. The Bertz CT molecular complexity index is 693. The van der Waals surface area contributed by atoms with Crippen molar-refractivity contribution >= 4 is 11.0 Å². The number of aryl methyl sites for hydroxylation is 1. The Morgan fingerprint density at radius 2 is 1.84 bits per heavy atom. The van der Waals surface area contributed by atoms with Gasteiger partial charge in [-0.3, -0.25) is 0 Å². The summed E-state index contributed by atoms with van der Waals surface area (Å²) in [6.07, 6.45) is 0.979. The largest absolute Gasteiger partial charge is 0.497 e. The quantitative estimate of drug-likeness (QED) is 0.675. The summed E-state index contributed by atoms with van der Waals surface area (Å²) in [7, 11) is 1.67. The van der Waals surface area contributed by atoms with Gasteiger partial charge in [0, 0.05) is 10.9 Å². The zero-order chi connectivity index (χ0) is 13.2. The van der Waals surface area contributed by atoms with E-state index in [1.807, 2.05) is 24.3 Å². The molecule has 0 N–H and O–H groups in total. The van der Waals surface area contributed by atoms with Gasteiger partial charge in [-0.1, -0.05) is 25.1 Å². The fourth-order valence-corrected chi connectivity index (χ4v) is 2.30. The van der Waals surface area contributed by atoms with E-state index < -0.39 is 0 Å². The Kier molecular flexibility index (Phi) is 3.00. The number of para-hydroxylation sites is 1. The van der Waals surface area contributed by atoms with Gasteiger partial charge in [0.1, 0.15) is 17.1 Å². The highest BCUT2D eigenvalue weighted by Crippen LogP contribution is 2.30. The minimum Gasteiger partial charge on any atom is -0.497 e. The highest BCUT2D eigenvalue weighted by molar-refractivity contribution is 5.85. The van der Waals surface area contributed by atoms with Gasteiger partial charge in [0.2, 0.25) is 0 Å². The van der Waals surface area contributed by atoms with Crippen LogP contribution in [0.25, 0.3) is 22.3 Å². The first-order valence-corrected chi connectivity index (χ1v) is 6.47. The van der Waals surface area contributed by atoms with E-state index in [4.69, 9.17) is 9.15 Å². The highest BCUT2D eigenvalue weighted by Gasteiger charge is 2.08. The van der Waals surface area contributed by atoms with Crippen LogP contribution in [0.3, 0.4) is 0 Å². The molecule has 2 heteroatoms. The third-order valence-electron chi connectivity index (χ3n) is 3.38. The smallest absolute Gasteiger partial charge is 0.137 e. The summed E-state index contributed by atoms with van der Waals surface area (Å²) in [5.74, 6) is 1.76. The molecule has 1 heterocycles. The van der Waals surface area contributed by atoms with Crippen LogP contribution in [0.4, 0.5) is 0 Å². The molecule has 0 aliphatic heterocycles. The second-order valence-corrected chi connectivity index (χ2v) is 4.53. The average molecular weight is 252 g/mol. The zero-order valence-electron chi connectivity index (χ0n) is 11.1. The van der Waals surface area contributed by atoms with Crippen molar-refractivity contribution in [2.45, 2.75) is 13.3 Å². The second-order valence-electron chi connectivity index (χ2n) is 4.53. The standard InChI is InChI=1S/C17H16O2/c1-3-12-5-4-6-14-11-16(19-17(12)14)13-7-9-15(18-2)10-8-13/h4-11H,3H2,1-2H3. The van der Waals surface area contributed by atoms with Gasteiger partial charge in [-0.25, -0.2) is 0 Å². The minimum absolute atomic E-state index is 0.856. The van der Waals surface area contributed by atoms with Crippen LogP contribution in [-0.4, -0.2) is 7.11 Å². The fraction of sp³-hybridized carbons (Fsp3) is 0.176. The number of ether oxygens (including phenoxy) is 1. The van der Waals surface area contributed by atoms with E-state index in [9.17, 15) is 0 Å². The lowest BCUT2D eigenvalue weighted by atomic mass is 10.1. The first-order valence-electron chi connectivity index (χ1n) is 6.47. The molecule has 1 aromatic heterocycles. The summed E-state index contributed by atoms with van der Waals surface area (Å²) in [6.45, 7) is 2.14. The number of furan rings is 1. The van der Waals surface area contributed by atoms with E-state index >= 15 is 0 Å². The van der Waals surface area contributed by atoms with E-state index in [1.165, 1.54) is 5.56 Å². The van der Waals surface area contributed by atoms with Crippen molar-refractivity contribution in [3.8, 4) is 17.1 Å². The van der Waals surface area contributed by atoms with Crippen molar-refractivity contribution in [3.05, 3.63) is 54.1 Å². The van der Waals surface area contributed by atoms with Crippen LogP contribution in [-0.2, 0) is 6.42 Å². The summed E-state index contributed by atoms with van der Waals surface area (Å²) in [4.78, 5) is 0. The Morgan fingerprint density at radius 1 is 1.05 bits per heavy atom. The maximum atomic E-state index is 6.01. The molecule has 3 rings (SSSR count). The lowest BCUT2D eigenvalue weighted by Crippen LogP contribution is -1.81. The number of benzene rings is 2. The molecule has 0 spiro atoms. The molecular weight excluding hydrogens is 236 g/mol. The van der Waals surface area contributed by atoms with Crippen molar-refractivity contribution in [3.63, 3.8) is 0 Å². The maximum absolute atomic E-state index is 6.01. The van der Waals surface area contributed by atoms with Crippen LogP contribution in [0.5, 0.6) is 5.75 Å². The van der Waals surface area contributed by atoms with E-state index in [1.54, 1.807) is 7.11 Å². The van der Waals surface area contributed by atoms with Gasteiger partial charge in [-0.15, -0.1) is 0 Å². The summed E-state index contributed by atoms with van der Waals surface area (Å²) in [6, 6.07) is 16.3. The van der Waals surface area contributed by atoms with Crippen molar-refractivity contribution < 1.29 is 9.15 Å². The molecule has 0 saturated heterocycles. The van der Waals surface area contributed by atoms with Crippen LogP contribution < -0.4 is 4.74 Å². The Balaban J connectivity index is 2.09. The van der Waals surface area contributed by atoms with Crippen LogP contribution in [0, 0.1) is 0 Å². The average Bonchev–Trinajstić information content (AvgIpc) is 2.91. The summed E-state index contributed by atoms with van der Waals surface area (Å²) < 4.78 is 11.2. The molecule has 0 aliphatic rings. The molecule has 0 amide bonds. The third-order valence-corrected chi connectivity index (χ3v) is 3.38. The monoisotopic (exact) mass is 252 g/mol. The molecular formula is C17H16O2. The van der Waals surface area contributed by atoms with E-state index in [2.05, 4.69) is 31.2 Å². The van der Waals surface area contributed by atoms with Crippen LogP contribution in [0.1, 0.15) is 12.5 Å². The molecule has 0 fully saturated rings. The van der Waals surface area contributed by atoms with Crippen LogP contribution in [0.15, 0.2) is 52.9 Å². The summed E-state index contributed by atoms with van der Waals surface area (Å²) >= 11 is 0. The van der Waals surface area contributed by atoms with Crippen LogP contribution >= 0.6 is 0 Å². The SMILES string of the molecule is CCc1cccc2cc(-c3ccc(OC)cc3)oc12. The van der Waals surface area contributed by atoms with Gasteiger partial charge in [0.25, 0.3) is 0 Å². The first-order chi connectivity index (χ1) is 9.31. The second kappa shape index (κ2) is 4.81. The van der Waals surface area contributed by atoms with E-state index in [-0.39, 0.29) is 0 Å². The van der Waals surface area contributed by atoms with E-state index in [0.717, 1.165) is 34.5 Å². The predicted octanol–water partition coefficient (Wildman–Crippen LogP) is 4.67. The molecule has 0 saturated carbocycles. The fourth-order valence-electron chi connectivity index (χ4n) is 2.30. The minimum atomic E-state index is 0.856. The third kappa shape index (κ3) is 2.10. The van der Waals surface area contributed by atoms with Gasteiger partial charge >= 0.3 is 0 Å². The predicted molar refractivity (Wildman–Crippen MR) is 77.6 cm³/mol. The number of rotatable bonds is 3. The van der Waals surface area contributed by atoms with Gasteiger partial charge in [-0.05, 0) is 42.3 Å². The highest BCUT2D eigenvalue weighted by atomic mass is 16.5. The number of hydrogen-bond donors (Lipinski definition) is 0. The Hall–Kier alpha value is -2.22. The van der Waals surface area contributed by atoms with Crippen LogP contribution in [0.2, 0.25) is 0 Å². The molecule has 3 aromatic rings. The maximum Gasteiger partial charge on any atom is 0.137 e. The molecule has 0 atom stereocenters. The van der Waals surface area contributed by atoms with Crippen molar-refractivity contribution in [1.29, 1.82) is 0 Å². The van der Waals surface area contributed by atoms with Crippen molar-refractivity contribution in [2.75, 3.05) is 7.11 Å². The normalized spacial score (nSPS) is 10.8. The summed E-state index contributed by atoms with van der Waals surface area (Å²) in [5.41, 5.74) is 3.31. The van der Waals surface area contributed by atoms with Crippen molar-refractivity contribution in [2.24, 2.45) is 0 Å². The Morgan fingerprint density at radius 3 is 2.53 bits per heavy atom. The Labute approximate surface area is 112 Å². The molecule has 19 heavy (non-hydrogen) atoms. The lowest BCUT2D eigenvalue weighted by molar-refractivity contribution is 0.415. The molecule has 0 aliphatic carbocycles. The van der Waals surface area contributed by atoms with E-state index in [0.29, 0.717) is 0 Å². The van der Waals surface area contributed by atoms with Gasteiger partial charge in [-0.2, -0.15) is 0 Å². The molecule has 2 aromatic carbocycles. The zero-order valence-corrected chi connectivity index (χ0v) is 11.1. The number of methoxy groups -OCH3 is 1. The topological polar surface area (TPSA) is 22.4 Å². The molecule has 0 bridgehead atoms. The number of fused-ring (bicyclic) bond motifs is 1. The molecule has 0 radical (unpaired) electrons. The molecule has 0 unspecified atom stereocenters. The molecule has 2 nitrogen and oxygen atoms in total. The van der Waals surface area contributed by atoms with Gasteiger partial charge < -0.3 is 9.15 Å². The number of hydrogen-bond acceptors (Lipinski definition) is 2. The molecule has 96 valence electrons.